The Hall–Kier alpha value is -4.32. The molecule has 0 saturated heterocycles. The zero-order valence-corrected chi connectivity index (χ0v) is 20.1. The number of nitrogens with zero attached hydrogens (tertiary/aromatic N) is 1. The van der Waals surface area contributed by atoms with Gasteiger partial charge >= 0.3 is 0 Å². The summed E-state index contributed by atoms with van der Waals surface area (Å²) < 4.78 is 11.3. The Balaban J connectivity index is 1.37. The van der Waals surface area contributed by atoms with Crippen molar-refractivity contribution in [3.63, 3.8) is 0 Å². The number of carbonyl (C=O) groups excluding carboxylic acids is 2. The largest absolute Gasteiger partial charge is 0.484 e. The number of carbonyl (C=O) groups is 2. The molecule has 2 heterocycles. The molecule has 1 aromatic heterocycles. The summed E-state index contributed by atoms with van der Waals surface area (Å²) in [7, 11) is 0. The highest BCUT2D eigenvalue weighted by atomic mass is 16.5. The third-order valence-corrected chi connectivity index (χ3v) is 6.40. The van der Waals surface area contributed by atoms with Crippen LogP contribution >= 0.6 is 0 Å². The van der Waals surface area contributed by atoms with Crippen molar-refractivity contribution in [3.05, 3.63) is 125 Å². The molecule has 0 bridgehead atoms. The summed E-state index contributed by atoms with van der Waals surface area (Å²) in [6.45, 7) is 2.98. The van der Waals surface area contributed by atoms with E-state index in [1.165, 1.54) is 6.26 Å². The number of nitrogens with one attached hydrogen (secondary N) is 1. The number of rotatable bonds is 7. The van der Waals surface area contributed by atoms with E-state index in [1.807, 2.05) is 78.6 Å². The number of amides is 2. The van der Waals surface area contributed by atoms with E-state index in [1.54, 1.807) is 12.1 Å². The first kappa shape index (κ1) is 23.4. The topological polar surface area (TPSA) is 71.8 Å². The number of hydrogen-bond acceptors (Lipinski definition) is 4. The minimum absolute atomic E-state index is 0.0875. The quantitative estimate of drug-likeness (QED) is 0.401. The van der Waals surface area contributed by atoms with Gasteiger partial charge in [0.2, 0.25) is 0 Å². The number of fused-ring (bicyclic) bond motifs is 1. The second kappa shape index (κ2) is 10.5. The monoisotopic (exact) mass is 480 g/mol. The van der Waals surface area contributed by atoms with Crippen molar-refractivity contribution in [2.45, 2.75) is 25.9 Å². The number of aryl methyl sites for hydroxylation is 1. The molecule has 0 fully saturated rings. The fourth-order valence-corrected chi connectivity index (χ4v) is 4.64. The first-order valence-corrected chi connectivity index (χ1v) is 12.1. The third-order valence-electron chi connectivity index (χ3n) is 6.40. The number of ether oxygens (including phenoxy) is 1. The summed E-state index contributed by atoms with van der Waals surface area (Å²) in [5.74, 6) is 0.567. The van der Waals surface area contributed by atoms with Gasteiger partial charge in [0.05, 0.1) is 12.3 Å². The first-order valence-electron chi connectivity index (χ1n) is 12.1. The summed E-state index contributed by atoms with van der Waals surface area (Å²) in [5, 5.41) is 2.88. The maximum atomic E-state index is 13.4. The minimum atomic E-state index is -0.290. The van der Waals surface area contributed by atoms with Crippen LogP contribution in [0.1, 0.15) is 44.4 Å². The average Bonchev–Trinajstić information content (AvgIpc) is 3.45. The van der Waals surface area contributed by atoms with E-state index in [-0.39, 0.29) is 24.5 Å². The van der Waals surface area contributed by atoms with Crippen LogP contribution in [-0.4, -0.2) is 29.9 Å². The maximum Gasteiger partial charge on any atom is 0.290 e. The van der Waals surface area contributed by atoms with Gasteiger partial charge in [0.25, 0.3) is 11.8 Å². The normalized spacial score (nSPS) is 14.7. The molecular formula is C30H28N2O4. The Morgan fingerprint density at radius 1 is 1.00 bits per heavy atom. The zero-order valence-electron chi connectivity index (χ0n) is 20.1. The van der Waals surface area contributed by atoms with Gasteiger partial charge in [0.1, 0.15) is 5.75 Å². The molecule has 4 aromatic rings. The van der Waals surface area contributed by atoms with Gasteiger partial charge in [-0.2, -0.15) is 0 Å². The van der Waals surface area contributed by atoms with Crippen LogP contribution in [0.15, 0.2) is 95.6 Å². The van der Waals surface area contributed by atoms with E-state index in [0.29, 0.717) is 24.6 Å². The lowest BCUT2D eigenvalue weighted by Gasteiger charge is -2.37. The Bertz CT molecular complexity index is 1350. The van der Waals surface area contributed by atoms with Gasteiger partial charge < -0.3 is 19.4 Å². The molecule has 0 radical (unpaired) electrons. The molecule has 1 N–H and O–H groups in total. The van der Waals surface area contributed by atoms with Crippen LogP contribution in [0.3, 0.4) is 0 Å². The van der Waals surface area contributed by atoms with Gasteiger partial charge in [-0.05, 0) is 59.9 Å². The van der Waals surface area contributed by atoms with Crippen LogP contribution in [0.2, 0.25) is 0 Å². The summed E-state index contributed by atoms with van der Waals surface area (Å²) in [6.07, 6.45) is 2.24. The zero-order chi connectivity index (χ0) is 24.9. The van der Waals surface area contributed by atoms with Gasteiger partial charge in [0, 0.05) is 13.1 Å². The summed E-state index contributed by atoms with van der Waals surface area (Å²) in [6, 6.07) is 26.9. The number of hydrogen-bond donors (Lipinski definition) is 1. The number of benzene rings is 3. The van der Waals surface area contributed by atoms with E-state index in [2.05, 4.69) is 11.4 Å². The Morgan fingerprint density at radius 3 is 2.64 bits per heavy atom. The molecular weight excluding hydrogens is 452 g/mol. The molecule has 36 heavy (non-hydrogen) atoms. The van der Waals surface area contributed by atoms with Crippen molar-refractivity contribution in [2.24, 2.45) is 0 Å². The van der Waals surface area contributed by atoms with Crippen LogP contribution in [0.25, 0.3) is 0 Å². The van der Waals surface area contributed by atoms with Crippen LogP contribution in [0, 0.1) is 6.92 Å². The van der Waals surface area contributed by atoms with Gasteiger partial charge in [-0.3, -0.25) is 9.59 Å². The number of furan rings is 1. The molecule has 0 spiro atoms. The van der Waals surface area contributed by atoms with Gasteiger partial charge in [-0.25, -0.2) is 0 Å². The second-order valence-corrected chi connectivity index (χ2v) is 8.95. The van der Waals surface area contributed by atoms with Gasteiger partial charge in [0.15, 0.2) is 12.4 Å². The van der Waals surface area contributed by atoms with E-state index < -0.39 is 0 Å². The molecule has 6 nitrogen and oxygen atoms in total. The lowest BCUT2D eigenvalue weighted by molar-refractivity contribution is -0.123. The van der Waals surface area contributed by atoms with Crippen molar-refractivity contribution in [2.75, 3.05) is 13.2 Å². The third kappa shape index (κ3) is 5.18. The maximum absolute atomic E-state index is 13.4. The Morgan fingerprint density at radius 2 is 1.86 bits per heavy atom. The van der Waals surface area contributed by atoms with Crippen molar-refractivity contribution in [3.8, 4) is 5.75 Å². The van der Waals surface area contributed by atoms with E-state index in [9.17, 15) is 9.59 Å². The lowest BCUT2D eigenvalue weighted by Crippen LogP contribution is -2.40. The summed E-state index contributed by atoms with van der Waals surface area (Å²) in [5.41, 5.74) is 5.32. The fourth-order valence-electron chi connectivity index (χ4n) is 4.64. The molecule has 0 unspecified atom stereocenters. The second-order valence-electron chi connectivity index (χ2n) is 8.95. The smallest absolute Gasteiger partial charge is 0.290 e. The summed E-state index contributed by atoms with van der Waals surface area (Å²) in [4.78, 5) is 27.6. The average molecular weight is 481 g/mol. The summed E-state index contributed by atoms with van der Waals surface area (Å²) >= 11 is 0. The van der Waals surface area contributed by atoms with Crippen LogP contribution in [0.4, 0.5) is 0 Å². The highest BCUT2D eigenvalue weighted by molar-refractivity contribution is 5.92. The first-order chi connectivity index (χ1) is 17.6. The molecule has 0 aliphatic carbocycles. The predicted molar refractivity (Wildman–Crippen MR) is 137 cm³/mol. The molecule has 1 atom stereocenters. The molecule has 5 rings (SSSR count). The molecule has 3 aromatic carbocycles. The van der Waals surface area contributed by atoms with Crippen LogP contribution < -0.4 is 10.1 Å². The van der Waals surface area contributed by atoms with E-state index >= 15 is 0 Å². The molecule has 1 aliphatic rings. The molecule has 2 amide bonds. The molecule has 1 aliphatic heterocycles. The van der Waals surface area contributed by atoms with Crippen molar-refractivity contribution in [1.82, 2.24) is 10.2 Å². The highest BCUT2D eigenvalue weighted by Gasteiger charge is 2.34. The van der Waals surface area contributed by atoms with Crippen LogP contribution in [-0.2, 0) is 17.8 Å². The van der Waals surface area contributed by atoms with E-state index in [0.717, 1.165) is 34.2 Å². The van der Waals surface area contributed by atoms with Gasteiger partial charge in [-0.15, -0.1) is 0 Å². The Labute approximate surface area is 210 Å². The fraction of sp³-hybridized carbons (Fsp3) is 0.200. The van der Waals surface area contributed by atoms with Crippen molar-refractivity contribution >= 4 is 11.8 Å². The minimum Gasteiger partial charge on any atom is -0.484 e. The highest BCUT2D eigenvalue weighted by Crippen LogP contribution is 2.38. The Kier molecular flexibility index (Phi) is 6.85. The predicted octanol–water partition coefficient (Wildman–Crippen LogP) is 5.07. The van der Waals surface area contributed by atoms with Crippen molar-refractivity contribution in [1.29, 1.82) is 0 Å². The van der Waals surface area contributed by atoms with E-state index in [4.69, 9.17) is 9.15 Å². The molecule has 6 heteroatoms. The SMILES string of the molecule is Cc1cccc([C@@H]2c3cc(OCC(=O)NCc4ccccc4)ccc3CCN2C(=O)c2ccco2)c1. The lowest BCUT2D eigenvalue weighted by atomic mass is 9.87. The molecule has 182 valence electrons. The molecule has 0 saturated carbocycles. The van der Waals surface area contributed by atoms with Crippen LogP contribution in [0.5, 0.6) is 5.75 Å². The standard InChI is InChI=1S/C30H28N2O4/c1-21-7-5-10-24(17-21)29-26-18-25(36-20-28(33)31-19-22-8-3-2-4-9-22)13-12-23(26)14-15-32(29)30(34)27-11-6-16-35-27/h2-13,16-18,29H,14-15,19-20H2,1H3,(H,31,33)/t29-/m1/s1. The van der Waals surface area contributed by atoms with Gasteiger partial charge in [-0.1, -0.05) is 66.2 Å². The van der Waals surface area contributed by atoms with Crippen molar-refractivity contribution < 1.29 is 18.7 Å².